The van der Waals surface area contributed by atoms with Crippen LogP contribution in [0.5, 0.6) is 0 Å². The average Bonchev–Trinajstić information content (AvgIpc) is 2.57. The number of nitrogens with zero attached hydrogens (tertiary/aromatic N) is 1. The van der Waals surface area contributed by atoms with E-state index in [1.54, 1.807) is 30.3 Å². The van der Waals surface area contributed by atoms with Gasteiger partial charge >= 0.3 is 6.03 Å². The predicted octanol–water partition coefficient (Wildman–Crippen LogP) is 3.57. The van der Waals surface area contributed by atoms with Crippen LogP contribution in [-0.2, 0) is 4.79 Å². The maximum atomic E-state index is 11.7. The lowest BCUT2D eigenvalue weighted by atomic mass is 10.2. The number of amides is 3. The molecule has 3 N–H and O–H groups in total. The summed E-state index contributed by atoms with van der Waals surface area (Å²) in [4.78, 5) is 23.4. The smallest absolute Gasteiger partial charge is 0.319 e. The van der Waals surface area contributed by atoms with Crippen molar-refractivity contribution in [1.29, 1.82) is 0 Å². The Hall–Kier alpha value is -2.57. The average molecular weight is 379 g/mol. The van der Waals surface area contributed by atoms with E-state index in [2.05, 4.69) is 21.2 Å². The van der Waals surface area contributed by atoms with Crippen LogP contribution in [0.1, 0.15) is 11.1 Å². The van der Waals surface area contributed by atoms with Crippen LogP contribution in [0.25, 0.3) is 0 Å². The molecule has 25 heavy (non-hydrogen) atoms. The molecule has 0 saturated heterocycles. The molecular formula is C17H16Cl2N4O2. The lowest BCUT2D eigenvalue weighted by molar-refractivity contribution is -0.120. The van der Waals surface area contributed by atoms with Crippen molar-refractivity contribution in [2.24, 2.45) is 5.10 Å². The van der Waals surface area contributed by atoms with Crippen LogP contribution in [0, 0.1) is 6.92 Å². The molecule has 0 aliphatic heterocycles. The van der Waals surface area contributed by atoms with E-state index in [0.29, 0.717) is 21.3 Å². The molecule has 0 radical (unpaired) electrons. The van der Waals surface area contributed by atoms with Gasteiger partial charge in [-0.05, 0) is 31.2 Å². The van der Waals surface area contributed by atoms with Crippen molar-refractivity contribution in [2.75, 3.05) is 11.9 Å². The number of hydrogen-bond acceptors (Lipinski definition) is 3. The highest BCUT2D eigenvalue weighted by Gasteiger charge is 2.05. The lowest BCUT2D eigenvalue weighted by Crippen LogP contribution is -2.37. The highest BCUT2D eigenvalue weighted by molar-refractivity contribution is 6.36. The number of carbonyl (C=O) groups excluding carboxylic acids is 2. The van der Waals surface area contributed by atoms with Crippen molar-refractivity contribution in [3.05, 3.63) is 63.6 Å². The van der Waals surface area contributed by atoms with Crippen LogP contribution in [0.3, 0.4) is 0 Å². The molecule has 8 heteroatoms. The molecule has 0 saturated carbocycles. The third-order valence-electron chi connectivity index (χ3n) is 3.07. The maximum Gasteiger partial charge on any atom is 0.319 e. The second-order valence-electron chi connectivity index (χ2n) is 5.13. The first-order valence-corrected chi connectivity index (χ1v) is 8.08. The van der Waals surface area contributed by atoms with Crippen molar-refractivity contribution >= 4 is 47.0 Å². The third kappa shape index (κ3) is 6.45. The molecule has 3 amide bonds. The van der Waals surface area contributed by atoms with Crippen LogP contribution in [0.2, 0.25) is 10.0 Å². The van der Waals surface area contributed by atoms with Gasteiger partial charge in [0.05, 0.1) is 11.2 Å². The zero-order chi connectivity index (χ0) is 18.2. The Kier molecular flexibility index (Phi) is 6.80. The third-order valence-corrected chi connectivity index (χ3v) is 3.64. The van der Waals surface area contributed by atoms with E-state index in [9.17, 15) is 9.59 Å². The fourth-order valence-electron chi connectivity index (χ4n) is 1.79. The Bertz CT molecular complexity index is 792. The number of carbonyl (C=O) groups is 2. The van der Waals surface area contributed by atoms with E-state index in [0.717, 1.165) is 5.56 Å². The molecular weight excluding hydrogens is 363 g/mol. The van der Waals surface area contributed by atoms with E-state index in [1.807, 2.05) is 19.1 Å². The van der Waals surface area contributed by atoms with Crippen LogP contribution >= 0.6 is 23.2 Å². The summed E-state index contributed by atoms with van der Waals surface area (Å²) in [5.74, 6) is -0.472. The summed E-state index contributed by atoms with van der Waals surface area (Å²) in [6.07, 6.45) is 1.39. The predicted molar refractivity (Wildman–Crippen MR) is 100 cm³/mol. The van der Waals surface area contributed by atoms with Gasteiger partial charge in [0.15, 0.2) is 0 Å². The van der Waals surface area contributed by atoms with Gasteiger partial charge in [0, 0.05) is 16.3 Å². The fourth-order valence-corrected chi connectivity index (χ4v) is 2.25. The number of hydrazone groups is 1. The van der Waals surface area contributed by atoms with E-state index >= 15 is 0 Å². The Morgan fingerprint density at radius 3 is 2.52 bits per heavy atom. The first-order chi connectivity index (χ1) is 11.9. The second-order valence-corrected chi connectivity index (χ2v) is 5.98. The number of urea groups is 1. The van der Waals surface area contributed by atoms with Gasteiger partial charge in [0.25, 0.3) is 5.91 Å². The number of hydrogen-bond donors (Lipinski definition) is 3. The highest BCUT2D eigenvalue weighted by Crippen LogP contribution is 2.19. The number of nitrogens with one attached hydrogen (secondary N) is 3. The highest BCUT2D eigenvalue weighted by atomic mass is 35.5. The summed E-state index contributed by atoms with van der Waals surface area (Å²) >= 11 is 11.8. The van der Waals surface area contributed by atoms with Crippen LogP contribution in [0.4, 0.5) is 10.5 Å². The maximum absolute atomic E-state index is 11.7. The standard InChI is InChI=1S/C17H16Cl2N4O2/c1-11-2-6-14(7-3-11)22-17(25)20-10-16(24)23-21-9-12-4-5-13(18)8-15(12)19/h2-9H,10H2,1H3,(H,23,24)(H2,20,22,25). The SMILES string of the molecule is Cc1ccc(NC(=O)NCC(=O)NN=Cc2ccc(Cl)cc2Cl)cc1. The van der Waals surface area contributed by atoms with E-state index < -0.39 is 11.9 Å². The topological polar surface area (TPSA) is 82.6 Å². The second kappa shape index (κ2) is 9.05. The molecule has 130 valence electrons. The molecule has 2 aromatic carbocycles. The first kappa shape index (κ1) is 18.8. The summed E-state index contributed by atoms with van der Waals surface area (Å²) in [6, 6.07) is 11.7. The van der Waals surface area contributed by atoms with Gasteiger partial charge < -0.3 is 10.6 Å². The minimum atomic E-state index is -0.483. The molecule has 0 aliphatic carbocycles. The van der Waals surface area contributed by atoms with Gasteiger partial charge in [0.2, 0.25) is 0 Å². The molecule has 2 aromatic rings. The number of benzene rings is 2. The largest absolute Gasteiger partial charge is 0.329 e. The van der Waals surface area contributed by atoms with Crippen LogP contribution in [0.15, 0.2) is 47.6 Å². The molecule has 0 aliphatic rings. The monoisotopic (exact) mass is 378 g/mol. The molecule has 0 aromatic heterocycles. The van der Waals surface area contributed by atoms with E-state index in [4.69, 9.17) is 23.2 Å². The summed E-state index contributed by atoms with van der Waals surface area (Å²) in [5, 5.41) is 9.76. The zero-order valence-corrected chi connectivity index (χ0v) is 14.9. The van der Waals surface area contributed by atoms with Crippen molar-refractivity contribution in [3.63, 3.8) is 0 Å². The minimum absolute atomic E-state index is 0.219. The van der Waals surface area contributed by atoms with Crippen molar-refractivity contribution in [2.45, 2.75) is 6.92 Å². The van der Waals surface area contributed by atoms with Gasteiger partial charge in [-0.2, -0.15) is 5.10 Å². The van der Waals surface area contributed by atoms with Gasteiger partial charge in [-0.3, -0.25) is 4.79 Å². The van der Waals surface area contributed by atoms with Crippen LogP contribution < -0.4 is 16.1 Å². The lowest BCUT2D eigenvalue weighted by Gasteiger charge is -2.07. The molecule has 6 nitrogen and oxygen atoms in total. The Balaban J connectivity index is 1.75. The minimum Gasteiger partial charge on any atom is -0.329 e. The Morgan fingerprint density at radius 2 is 1.84 bits per heavy atom. The van der Waals surface area contributed by atoms with Crippen molar-refractivity contribution in [3.8, 4) is 0 Å². The molecule has 2 rings (SSSR count). The van der Waals surface area contributed by atoms with E-state index in [-0.39, 0.29) is 6.54 Å². The molecule has 0 heterocycles. The summed E-state index contributed by atoms with van der Waals surface area (Å²) in [5.41, 5.74) is 4.63. The molecule has 0 atom stereocenters. The number of halogens is 2. The molecule has 0 fully saturated rings. The summed E-state index contributed by atoms with van der Waals surface area (Å²) < 4.78 is 0. The zero-order valence-electron chi connectivity index (χ0n) is 13.3. The first-order valence-electron chi connectivity index (χ1n) is 7.32. The molecule has 0 spiro atoms. The fraction of sp³-hybridized carbons (Fsp3) is 0.118. The van der Waals surface area contributed by atoms with Gasteiger partial charge in [-0.25, -0.2) is 10.2 Å². The Morgan fingerprint density at radius 1 is 1.12 bits per heavy atom. The van der Waals surface area contributed by atoms with Gasteiger partial charge in [-0.1, -0.05) is 47.0 Å². The number of anilines is 1. The number of rotatable bonds is 5. The summed E-state index contributed by atoms with van der Waals surface area (Å²) in [7, 11) is 0. The van der Waals surface area contributed by atoms with Gasteiger partial charge in [-0.15, -0.1) is 0 Å². The normalized spacial score (nSPS) is 10.5. The molecule has 0 unspecified atom stereocenters. The van der Waals surface area contributed by atoms with Crippen molar-refractivity contribution < 1.29 is 9.59 Å². The Labute approximate surface area is 155 Å². The van der Waals surface area contributed by atoms with Gasteiger partial charge in [0.1, 0.15) is 6.54 Å². The van der Waals surface area contributed by atoms with E-state index in [1.165, 1.54) is 6.21 Å². The quantitative estimate of drug-likeness (QED) is 0.548. The summed E-state index contributed by atoms with van der Waals surface area (Å²) in [6.45, 7) is 1.73. The number of aryl methyl sites for hydroxylation is 1. The molecule has 0 bridgehead atoms. The van der Waals surface area contributed by atoms with Crippen molar-refractivity contribution in [1.82, 2.24) is 10.7 Å². The van der Waals surface area contributed by atoms with Crippen LogP contribution in [-0.4, -0.2) is 24.7 Å².